The summed E-state index contributed by atoms with van der Waals surface area (Å²) in [5, 5.41) is 14.7. The molecule has 0 aliphatic carbocycles. The van der Waals surface area contributed by atoms with Gasteiger partial charge in [-0.2, -0.15) is 0 Å². The van der Waals surface area contributed by atoms with E-state index >= 15 is 0 Å². The highest BCUT2D eigenvalue weighted by molar-refractivity contribution is 7.92. The zero-order chi connectivity index (χ0) is 17.9. The second-order valence-corrected chi connectivity index (χ2v) is 8.70. The van der Waals surface area contributed by atoms with Crippen LogP contribution in [-0.2, 0) is 14.6 Å². The van der Waals surface area contributed by atoms with E-state index in [1.807, 2.05) is 0 Å². The van der Waals surface area contributed by atoms with Crippen molar-refractivity contribution < 1.29 is 23.1 Å². The first-order valence-electron chi connectivity index (χ1n) is 7.64. The van der Waals surface area contributed by atoms with Crippen molar-refractivity contribution in [1.82, 2.24) is 5.32 Å². The molecule has 9 heteroatoms. The molecule has 1 fully saturated rings. The normalized spacial score (nSPS) is 16.2. The van der Waals surface area contributed by atoms with E-state index in [-0.39, 0.29) is 21.6 Å². The molecule has 7 nitrogen and oxygen atoms in total. The number of hydrogen-bond acceptors (Lipinski definition) is 5. The predicted molar refractivity (Wildman–Crippen MR) is 91.4 cm³/mol. The van der Waals surface area contributed by atoms with E-state index in [2.05, 4.69) is 10.6 Å². The molecule has 24 heavy (non-hydrogen) atoms. The van der Waals surface area contributed by atoms with Crippen molar-refractivity contribution in [3.05, 3.63) is 17.2 Å². The van der Waals surface area contributed by atoms with Gasteiger partial charge in [0, 0.05) is 19.3 Å². The number of benzene rings is 1. The molecular weight excluding hydrogens is 356 g/mol. The maximum absolute atomic E-state index is 12.3. The number of anilines is 1. The van der Waals surface area contributed by atoms with Crippen molar-refractivity contribution in [1.29, 1.82) is 0 Å². The molecule has 1 heterocycles. The van der Waals surface area contributed by atoms with Crippen LogP contribution in [0, 0.1) is 0 Å². The summed E-state index contributed by atoms with van der Waals surface area (Å²) in [6, 6.07) is 2.15. The lowest BCUT2D eigenvalue weighted by atomic mass is 10.1. The minimum atomic E-state index is -3.79. The average Bonchev–Trinajstić information content (AvgIpc) is 2.51. The molecule has 3 N–H and O–H groups in total. The number of phenols is 1. The third kappa shape index (κ3) is 4.12. The van der Waals surface area contributed by atoms with E-state index in [4.69, 9.17) is 16.3 Å². The number of carbonyl (C=O) groups is 1. The fraction of sp³-hybridized carbons (Fsp3) is 0.533. The lowest BCUT2D eigenvalue weighted by molar-refractivity contribution is 0.0806. The van der Waals surface area contributed by atoms with E-state index in [1.165, 1.54) is 26.0 Å². The highest BCUT2D eigenvalue weighted by atomic mass is 35.5. The Hall–Kier alpha value is -1.51. The van der Waals surface area contributed by atoms with E-state index in [9.17, 15) is 18.3 Å². The molecule has 1 aliphatic rings. The zero-order valence-electron chi connectivity index (χ0n) is 13.5. The number of halogens is 1. The van der Waals surface area contributed by atoms with Gasteiger partial charge in [0.05, 0.1) is 16.0 Å². The van der Waals surface area contributed by atoms with Gasteiger partial charge in [0.2, 0.25) is 0 Å². The van der Waals surface area contributed by atoms with Crippen LogP contribution >= 0.6 is 11.6 Å². The highest BCUT2D eigenvalue weighted by Gasteiger charge is 2.28. The van der Waals surface area contributed by atoms with Crippen molar-refractivity contribution >= 4 is 33.2 Å². The van der Waals surface area contributed by atoms with E-state index < -0.39 is 26.9 Å². The van der Waals surface area contributed by atoms with Crippen LogP contribution < -0.4 is 10.6 Å². The van der Waals surface area contributed by atoms with Gasteiger partial charge in [-0.15, -0.1) is 0 Å². The molecule has 1 aromatic carbocycles. The largest absolute Gasteiger partial charge is 0.504 e. The summed E-state index contributed by atoms with van der Waals surface area (Å²) in [6.07, 6.45) is 1.40. The number of sulfone groups is 1. The van der Waals surface area contributed by atoms with Crippen molar-refractivity contribution in [2.24, 2.45) is 0 Å². The summed E-state index contributed by atoms with van der Waals surface area (Å²) in [5.74, 6) is -0.557. The van der Waals surface area contributed by atoms with Crippen LogP contribution in [0.4, 0.5) is 10.5 Å². The number of ether oxygens (including phenoxy) is 1. The van der Waals surface area contributed by atoms with Crippen LogP contribution in [-0.4, -0.2) is 44.1 Å². The van der Waals surface area contributed by atoms with Gasteiger partial charge in [-0.25, -0.2) is 13.2 Å². The third-order valence-electron chi connectivity index (χ3n) is 3.79. The van der Waals surface area contributed by atoms with Gasteiger partial charge in [0.15, 0.2) is 15.6 Å². The lowest BCUT2D eigenvalue weighted by Crippen LogP contribution is -2.41. The molecule has 1 aromatic rings. The number of carbonyl (C=O) groups excluding carboxylic acids is 1. The van der Waals surface area contributed by atoms with Crippen LogP contribution in [0.2, 0.25) is 5.02 Å². The second kappa shape index (κ2) is 7.58. The van der Waals surface area contributed by atoms with Crippen LogP contribution in [0.1, 0.15) is 26.7 Å². The Morgan fingerprint density at radius 2 is 1.96 bits per heavy atom. The van der Waals surface area contributed by atoms with Crippen molar-refractivity contribution in [3.63, 3.8) is 0 Å². The topological polar surface area (TPSA) is 105 Å². The summed E-state index contributed by atoms with van der Waals surface area (Å²) >= 11 is 5.94. The highest BCUT2D eigenvalue weighted by Crippen LogP contribution is 2.38. The fourth-order valence-corrected chi connectivity index (χ4v) is 4.01. The average molecular weight is 377 g/mol. The van der Waals surface area contributed by atoms with Gasteiger partial charge in [0.25, 0.3) is 0 Å². The Bertz CT molecular complexity index is 715. The molecule has 0 radical (unpaired) electrons. The van der Waals surface area contributed by atoms with Crippen LogP contribution in [0.5, 0.6) is 5.75 Å². The van der Waals surface area contributed by atoms with Crippen molar-refractivity contribution in [2.45, 2.75) is 42.9 Å². The first-order valence-corrected chi connectivity index (χ1v) is 9.56. The summed E-state index contributed by atoms with van der Waals surface area (Å²) in [7, 11) is -3.79. The first-order chi connectivity index (χ1) is 11.2. The van der Waals surface area contributed by atoms with Crippen LogP contribution in [0.25, 0.3) is 0 Å². The molecular formula is C15H21ClN2O5S. The Morgan fingerprint density at radius 3 is 2.54 bits per heavy atom. The predicted octanol–water partition coefficient (Wildman–Crippen LogP) is 2.53. The molecule has 134 valence electrons. The minimum Gasteiger partial charge on any atom is -0.504 e. The molecule has 1 aliphatic heterocycles. The molecule has 0 unspecified atom stereocenters. The van der Waals surface area contributed by atoms with Gasteiger partial charge in [-0.05, 0) is 38.8 Å². The molecule has 0 bridgehead atoms. The summed E-state index contributed by atoms with van der Waals surface area (Å²) < 4.78 is 29.9. The van der Waals surface area contributed by atoms with E-state index in [1.54, 1.807) is 0 Å². The summed E-state index contributed by atoms with van der Waals surface area (Å²) in [4.78, 5) is 11.7. The molecule has 0 saturated carbocycles. The van der Waals surface area contributed by atoms with Crippen molar-refractivity contribution in [2.75, 3.05) is 18.5 Å². The summed E-state index contributed by atoms with van der Waals surface area (Å²) in [5.41, 5.74) is -0.0109. The standard InChI is InChI=1S/C15H21ClN2O5S/c1-9(2)24(21,22)14-11(16)3-4-12(13(14)19)18-15(20)17-10-5-7-23-8-6-10/h3-4,9-10,19H,5-8H2,1-2H3,(H2,17,18,20). The molecule has 2 rings (SSSR count). The smallest absolute Gasteiger partial charge is 0.319 e. The number of amides is 2. The van der Waals surface area contributed by atoms with Crippen LogP contribution in [0.15, 0.2) is 17.0 Å². The molecule has 0 spiro atoms. The van der Waals surface area contributed by atoms with E-state index in [0.29, 0.717) is 26.1 Å². The van der Waals surface area contributed by atoms with Gasteiger partial charge < -0.3 is 20.5 Å². The Morgan fingerprint density at radius 1 is 1.33 bits per heavy atom. The quantitative estimate of drug-likeness (QED) is 0.700. The molecule has 0 aromatic heterocycles. The Balaban J connectivity index is 2.21. The number of phenolic OH excluding ortho intramolecular Hbond substituents is 1. The monoisotopic (exact) mass is 376 g/mol. The molecule has 1 saturated heterocycles. The second-order valence-electron chi connectivity index (χ2n) is 5.85. The zero-order valence-corrected chi connectivity index (χ0v) is 15.1. The van der Waals surface area contributed by atoms with Crippen molar-refractivity contribution in [3.8, 4) is 5.75 Å². The van der Waals surface area contributed by atoms with Gasteiger partial charge in [-0.1, -0.05) is 11.6 Å². The summed E-state index contributed by atoms with van der Waals surface area (Å²) in [6.45, 7) is 4.13. The third-order valence-corrected chi connectivity index (χ3v) is 6.44. The number of urea groups is 1. The van der Waals surface area contributed by atoms with Gasteiger partial charge in [0.1, 0.15) is 4.90 Å². The molecule has 0 atom stereocenters. The molecule has 2 amide bonds. The lowest BCUT2D eigenvalue weighted by Gasteiger charge is -2.23. The number of aromatic hydroxyl groups is 1. The van der Waals surface area contributed by atoms with Gasteiger partial charge >= 0.3 is 6.03 Å². The maximum Gasteiger partial charge on any atom is 0.319 e. The fourth-order valence-electron chi connectivity index (χ4n) is 2.34. The Kier molecular flexibility index (Phi) is 5.95. The first kappa shape index (κ1) is 18.8. The van der Waals surface area contributed by atoms with Gasteiger partial charge in [-0.3, -0.25) is 0 Å². The maximum atomic E-state index is 12.3. The SMILES string of the molecule is CC(C)S(=O)(=O)c1c(Cl)ccc(NC(=O)NC2CCOCC2)c1O. The minimum absolute atomic E-state index is 0.0109. The number of rotatable bonds is 4. The van der Waals surface area contributed by atoms with E-state index in [0.717, 1.165) is 0 Å². The van der Waals surface area contributed by atoms with Crippen LogP contribution in [0.3, 0.4) is 0 Å². The number of hydrogen-bond donors (Lipinski definition) is 3. The Labute approximate surface area is 146 Å². The number of nitrogens with one attached hydrogen (secondary N) is 2.